The molecule has 0 atom stereocenters. The van der Waals surface area contributed by atoms with Gasteiger partial charge in [0.15, 0.2) is 5.82 Å². The van der Waals surface area contributed by atoms with Crippen LogP contribution >= 0.6 is 0 Å². The summed E-state index contributed by atoms with van der Waals surface area (Å²) in [6.45, 7) is 0. The molecule has 294 valence electrons. The molecule has 0 saturated carbocycles. The van der Waals surface area contributed by atoms with E-state index in [1.165, 1.54) is 0 Å². The number of para-hydroxylation sites is 4. The Morgan fingerprint density at radius 1 is 0.349 bits per heavy atom. The quantitative estimate of drug-likeness (QED) is 0.168. The Morgan fingerprint density at radius 3 is 1.25 bits per heavy atom. The first-order valence-electron chi connectivity index (χ1n) is 28.2. The highest BCUT2D eigenvalue weighted by molar-refractivity contribution is 6.10. The smallest absolute Gasteiger partial charge is 0.240 e. The average Bonchev–Trinajstić information content (AvgIpc) is 4.26. The maximum atomic E-state index is 9.37. The van der Waals surface area contributed by atoms with Crippen LogP contribution in [0.15, 0.2) is 224 Å². The highest BCUT2D eigenvalue weighted by Gasteiger charge is 2.46. The summed E-state index contributed by atoms with van der Waals surface area (Å²) in [6.07, 6.45) is 0. The highest BCUT2D eigenvalue weighted by Crippen LogP contribution is 2.58. The fourth-order valence-corrected chi connectivity index (χ4v) is 9.55. The lowest BCUT2D eigenvalue weighted by Crippen LogP contribution is -2.28. The van der Waals surface area contributed by atoms with Gasteiger partial charge < -0.3 is 0 Å². The molecular weight excluding hydrogens is 767 g/mol. The lowest BCUT2D eigenvalue weighted by molar-refractivity contribution is 0.768. The topological polar surface area (TPSA) is 48.5 Å². The molecular formula is C58H37N5. The van der Waals surface area contributed by atoms with Gasteiger partial charge in [0.05, 0.1) is 49.4 Å². The zero-order valence-corrected chi connectivity index (χ0v) is 32.9. The summed E-state index contributed by atoms with van der Waals surface area (Å²) in [5.74, 6) is -1.10. The van der Waals surface area contributed by atoms with Gasteiger partial charge in [-0.15, -0.1) is 0 Å². The van der Waals surface area contributed by atoms with Crippen LogP contribution in [0.4, 0.5) is 0 Å². The normalized spacial score (nSPS) is 16.4. The summed E-state index contributed by atoms with van der Waals surface area (Å²) < 4.78 is 147. The first-order chi connectivity index (χ1) is 37.9. The van der Waals surface area contributed by atoms with E-state index in [9.17, 15) is 5.48 Å². The molecule has 5 heteroatoms. The van der Waals surface area contributed by atoms with E-state index in [4.69, 9.17) is 31.4 Å². The summed E-state index contributed by atoms with van der Waals surface area (Å²) in [6, 6.07) is 31.3. The Labute approximate surface area is 386 Å². The molecule has 0 bridgehead atoms. The summed E-state index contributed by atoms with van der Waals surface area (Å²) in [5, 5.41) is -1.07. The number of benzene rings is 9. The van der Waals surface area contributed by atoms with E-state index in [1.807, 2.05) is 72.8 Å². The molecule has 3 heterocycles. The minimum Gasteiger partial charge on any atom is -0.278 e. The molecule has 0 N–H and O–H groups in total. The number of hydrogen-bond donors (Lipinski definition) is 0. The Bertz CT molecular complexity index is 4320. The van der Waals surface area contributed by atoms with Gasteiger partial charge in [-0.2, -0.15) is 15.0 Å². The van der Waals surface area contributed by atoms with Gasteiger partial charge in [-0.25, -0.2) is 0 Å². The highest BCUT2D eigenvalue weighted by atomic mass is 15.3. The van der Waals surface area contributed by atoms with Crippen LogP contribution in [0.5, 0.6) is 0 Å². The van der Waals surface area contributed by atoms with E-state index >= 15 is 0 Å². The summed E-state index contributed by atoms with van der Waals surface area (Å²) in [7, 11) is 0. The second-order valence-electron chi connectivity index (χ2n) is 15.1. The number of hydrogen-bond acceptors (Lipinski definition) is 3. The number of nitrogens with zero attached hydrogens (tertiary/aromatic N) is 5. The lowest BCUT2D eigenvalue weighted by Gasteiger charge is -2.34. The van der Waals surface area contributed by atoms with Crippen molar-refractivity contribution in [2.24, 2.45) is 0 Å². The van der Waals surface area contributed by atoms with Crippen LogP contribution in [-0.2, 0) is 5.41 Å². The van der Waals surface area contributed by atoms with Crippen LogP contribution in [-0.4, -0.2) is 24.1 Å². The van der Waals surface area contributed by atoms with E-state index < -0.39 is 114 Å². The van der Waals surface area contributed by atoms with E-state index in [0.29, 0.717) is 11.1 Å². The molecule has 0 fully saturated rings. The van der Waals surface area contributed by atoms with Gasteiger partial charge in [-0.1, -0.05) is 200 Å². The molecule has 0 saturated heterocycles. The Kier molecular flexibility index (Phi) is 5.04. The van der Waals surface area contributed by atoms with Crippen molar-refractivity contribution in [3.8, 4) is 45.5 Å². The Morgan fingerprint density at radius 2 is 0.746 bits per heavy atom. The molecule has 3 aromatic heterocycles. The summed E-state index contributed by atoms with van der Waals surface area (Å²) in [4.78, 5) is 15.1. The third kappa shape index (κ3) is 5.08. The van der Waals surface area contributed by atoms with E-state index in [2.05, 4.69) is 42.5 Å². The molecule has 0 aliphatic heterocycles. The van der Waals surface area contributed by atoms with Crippen molar-refractivity contribution in [3.05, 3.63) is 246 Å². The van der Waals surface area contributed by atoms with Gasteiger partial charge in [-0.05, 0) is 68.7 Å². The fraction of sp³-hybridized carbons (Fsp3) is 0.0172. The molecule has 0 amide bonds. The molecule has 12 aromatic rings. The third-order valence-corrected chi connectivity index (χ3v) is 12.0. The largest absolute Gasteiger partial charge is 0.278 e. The van der Waals surface area contributed by atoms with Crippen molar-refractivity contribution >= 4 is 43.6 Å². The molecule has 63 heavy (non-hydrogen) atoms. The minimum atomic E-state index is -0.804. The second-order valence-corrected chi connectivity index (χ2v) is 15.1. The van der Waals surface area contributed by atoms with Crippen molar-refractivity contribution in [2.75, 3.05) is 0 Å². The average molecular weight is 820 g/mol. The Hall–Kier alpha value is -8.41. The van der Waals surface area contributed by atoms with Gasteiger partial charge in [0.25, 0.3) is 0 Å². The molecule has 0 radical (unpaired) electrons. The van der Waals surface area contributed by atoms with Crippen molar-refractivity contribution in [1.82, 2.24) is 24.1 Å². The van der Waals surface area contributed by atoms with Crippen LogP contribution in [0, 0.1) is 0 Å². The lowest BCUT2D eigenvalue weighted by atomic mass is 9.67. The summed E-state index contributed by atoms with van der Waals surface area (Å²) in [5.41, 5.74) is 5.40. The van der Waals surface area contributed by atoms with Gasteiger partial charge >= 0.3 is 0 Å². The molecule has 9 aromatic carbocycles. The van der Waals surface area contributed by atoms with E-state index in [0.717, 1.165) is 48.1 Å². The monoisotopic (exact) mass is 819 g/mol. The SMILES string of the molecule is [2H]c1c([2H])c([2H])c2c(c1[2H])c1c([2H])c([2H])c([2H])c([2H])c1n2-c1nc(-c2ccccc2-c2cccc3c2-c2ccccc2C3(c2ccccc2)c2ccccc2)nc(-n2c3c([2H])c([2H])c([2H])c([2H])c3c3c([2H])c([2H])c([2H])c([2H])c32)n1. The van der Waals surface area contributed by atoms with Crippen LogP contribution < -0.4 is 0 Å². The van der Waals surface area contributed by atoms with Gasteiger partial charge in [0.1, 0.15) is 0 Å². The standard InChI is InChI=1S/C58H37N5/c1-3-20-38(21-4-1)58(39-22-5-2-6-23-39)48-32-14-9-30-47(48)54-45(31-19-33-49(54)58)40-24-7-8-29-46(40)55-59-56(62-50-34-15-10-25-41(50)42-26-11-16-35-51(42)62)61-57(60-55)63-52-36-17-12-27-43(52)44-28-13-18-37-53(44)63/h1-37H/i10D,11D,12D,13D,15D,16D,17D,18D,25D,26D,27D,28D,34D,35D,36D,37D. The molecule has 0 unspecified atom stereocenters. The predicted octanol–water partition coefficient (Wildman–Crippen LogP) is 13.8. The molecule has 5 nitrogen and oxygen atoms in total. The second kappa shape index (κ2) is 13.8. The van der Waals surface area contributed by atoms with E-state index in [-0.39, 0.29) is 49.4 Å². The Balaban J connectivity index is 1.21. The van der Waals surface area contributed by atoms with Crippen molar-refractivity contribution < 1.29 is 21.9 Å². The van der Waals surface area contributed by atoms with Crippen LogP contribution in [0.3, 0.4) is 0 Å². The predicted molar refractivity (Wildman–Crippen MR) is 257 cm³/mol. The zero-order valence-electron chi connectivity index (χ0n) is 48.9. The number of aromatic nitrogens is 5. The van der Waals surface area contributed by atoms with Crippen LogP contribution in [0.1, 0.15) is 44.2 Å². The zero-order chi connectivity index (χ0) is 55.4. The summed E-state index contributed by atoms with van der Waals surface area (Å²) >= 11 is 0. The van der Waals surface area contributed by atoms with Crippen LogP contribution in [0.2, 0.25) is 0 Å². The number of rotatable bonds is 6. The molecule has 1 aliphatic carbocycles. The maximum absolute atomic E-state index is 9.37. The van der Waals surface area contributed by atoms with Gasteiger partial charge in [0.2, 0.25) is 11.9 Å². The van der Waals surface area contributed by atoms with Crippen molar-refractivity contribution in [1.29, 1.82) is 0 Å². The van der Waals surface area contributed by atoms with Gasteiger partial charge in [0, 0.05) is 27.1 Å². The van der Waals surface area contributed by atoms with E-state index in [1.54, 1.807) is 12.1 Å². The molecule has 1 aliphatic rings. The van der Waals surface area contributed by atoms with Crippen molar-refractivity contribution in [3.63, 3.8) is 0 Å². The van der Waals surface area contributed by atoms with Gasteiger partial charge in [-0.3, -0.25) is 9.13 Å². The molecule has 0 spiro atoms. The third-order valence-electron chi connectivity index (χ3n) is 12.0. The fourth-order valence-electron chi connectivity index (χ4n) is 9.55. The first kappa shape index (κ1) is 23.0. The molecule has 13 rings (SSSR count). The maximum Gasteiger partial charge on any atom is 0.240 e. The van der Waals surface area contributed by atoms with Crippen LogP contribution in [0.25, 0.3) is 89.2 Å². The number of fused-ring (bicyclic) bond motifs is 9. The van der Waals surface area contributed by atoms with Crippen molar-refractivity contribution in [2.45, 2.75) is 5.41 Å². The first-order valence-corrected chi connectivity index (χ1v) is 20.2. The minimum absolute atomic E-state index is 0.148.